The van der Waals surface area contributed by atoms with E-state index in [1.54, 1.807) is 13.2 Å². The van der Waals surface area contributed by atoms with E-state index in [-0.39, 0.29) is 43.1 Å². The van der Waals surface area contributed by atoms with Gasteiger partial charge in [-0.3, -0.25) is 0 Å². The van der Waals surface area contributed by atoms with Gasteiger partial charge in [0, 0.05) is 24.7 Å². The highest BCUT2D eigenvalue weighted by molar-refractivity contribution is 14.0. The normalized spacial score (nSPS) is 12.4. The Morgan fingerprint density at radius 2 is 1.84 bits per heavy atom. The van der Waals surface area contributed by atoms with Crippen molar-refractivity contribution in [3.05, 3.63) is 47.5 Å². The number of hydrogen-bond donors (Lipinski definition) is 2. The Hall–Kier alpha value is -2.50. The van der Waals surface area contributed by atoms with Gasteiger partial charge in [-0.1, -0.05) is 12.1 Å². The molecule has 1 aliphatic heterocycles. The molecule has 170 valence electrons. The third-order valence-electron chi connectivity index (χ3n) is 4.39. The second kappa shape index (κ2) is 12.4. The summed E-state index contributed by atoms with van der Waals surface area (Å²) in [5, 5.41) is 6.39. The van der Waals surface area contributed by atoms with Crippen LogP contribution in [0.15, 0.2) is 41.4 Å². The average Bonchev–Trinajstić information content (AvgIpc) is 3.19. The topological polar surface area (TPSA) is 73.3 Å². The zero-order chi connectivity index (χ0) is 21.3. The Labute approximate surface area is 197 Å². The molecule has 0 atom stereocenters. The van der Waals surface area contributed by atoms with Crippen LogP contribution in [-0.2, 0) is 13.0 Å². The highest BCUT2D eigenvalue weighted by Crippen LogP contribution is 2.39. The lowest BCUT2D eigenvalue weighted by Gasteiger charge is -2.13. The minimum atomic E-state index is -2.94. The highest BCUT2D eigenvalue weighted by atomic mass is 127. The summed E-state index contributed by atoms with van der Waals surface area (Å²) in [5.74, 6) is 2.27. The van der Waals surface area contributed by atoms with E-state index in [0.29, 0.717) is 36.1 Å². The largest absolute Gasteiger partial charge is 0.497 e. The molecule has 3 rings (SSSR count). The van der Waals surface area contributed by atoms with Crippen molar-refractivity contribution in [3.8, 4) is 23.0 Å². The first-order chi connectivity index (χ1) is 14.6. The molecule has 0 saturated carbocycles. The van der Waals surface area contributed by atoms with Crippen molar-refractivity contribution < 1.29 is 27.7 Å². The number of aliphatic imine (C=N–C) groups is 1. The Bertz CT molecular complexity index is 866. The maximum absolute atomic E-state index is 12.8. The molecule has 0 aromatic heterocycles. The van der Waals surface area contributed by atoms with Crippen LogP contribution in [0.1, 0.15) is 18.1 Å². The molecular formula is C21H26F2IN3O4. The number of nitrogens with zero attached hydrogens (tertiary/aromatic N) is 1. The number of halogens is 3. The molecule has 7 nitrogen and oxygen atoms in total. The van der Waals surface area contributed by atoms with Gasteiger partial charge in [0.15, 0.2) is 17.5 Å². The average molecular weight is 549 g/mol. The quantitative estimate of drug-likeness (QED) is 0.281. The zero-order valence-electron chi connectivity index (χ0n) is 17.3. The molecular weight excluding hydrogens is 523 g/mol. The van der Waals surface area contributed by atoms with Crippen LogP contribution in [0.2, 0.25) is 0 Å². The Balaban J connectivity index is 0.00000341. The SMILES string of the molecule is CCNC(=NCc1cc2c(cc1OC(F)F)OCO2)NCCc1ccc(OC)cc1.I. The molecule has 1 heterocycles. The predicted octanol–water partition coefficient (Wildman–Crippen LogP) is 3.94. The van der Waals surface area contributed by atoms with Gasteiger partial charge in [-0.05, 0) is 37.1 Å². The molecule has 2 aromatic rings. The molecule has 0 fully saturated rings. The van der Waals surface area contributed by atoms with E-state index in [1.807, 2.05) is 31.2 Å². The van der Waals surface area contributed by atoms with E-state index < -0.39 is 6.61 Å². The van der Waals surface area contributed by atoms with Crippen molar-refractivity contribution in [2.24, 2.45) is 4.99 Å². The number of alkyl halides is 2. The molecule has 0 aliphatic carbocycles. The smallest absolute Gasteiger partial charge is 0.387 e. The van der Waals surface area contributed by atoms with Gasteiger partial charge in [-0.15, -0.1) is 24.0 Å². The summed E-state index contributed by atoms with van der Waals surface area (Å²) in [4.78, 5) is 4.49. The van der Waals surface area contributed by atoms with Gasteiger partial charge in [0.25, 0.3) is 0 Å². The van der Waals surface area contributed by atoms with Crippen LogP contribution in [0.25, 0.3) is 0 Å². The summed E-state index contributed by atoms with van der Waals surface area (Å²) in [6.07, 6.45) is 0.790. The van der Waals surface area contributed by atoms with Crippen molar-refractivity contribution in [1.29, 1.82) is 0 Å². The Morgan fingerprint density at radius 1 is 1.13 bits per heavy atom. The fourth-order valence-electron chi connectivity index (χ4n) is 2.92. The van der Waals surface area contributed by atoms with Gasteiger partial charge in [-0.25, -0.2) is 4.99 Å². The Morgan fingerprint density at radius 3 is 2.48 bits per heavy atom. The molecule has 2 N–H and O–H groups in total. The molecule has 31 heavy (non-hydrogen) atoms. The molecule has 1 aliphatic rings. The summed E-state index contributed by atoms with van der Waals surface area (Å²) in [6, 6.07) is 10.9. The lowest BCUT2D eigenvalue weighted by atomic mass is 10.1. The van der Waals surface area contributed by atoms with Gasteiger partial charge >= 0.3 is 6.61 Å². The fourth-order valence-corrected chi connectivity index (χ4v) is 2.92. The van der Waals surface area contributed by atoms with E-state index >= 15 is 0 Å². The first-order valence-electron chi connectivity index (χ1n) is 9.61. The van der Waals surface area contributed by atoms with Crippen molar-refractivity contribution in [2.45, 2.75) is 26.5 Å². The van der Waals surface area contributed by atoms with Crippen LogP contribution < -0.4 is 29.6 Å². The van der Waals surface area contributed by atoms with Crippen LogP contribution >= 0.6 is 24.0 Å². The number of methoxy groups -OCH3 is 1. The fraction of sp³-hybridized carbons (Fsp3) is 0.381. The standard InChI is InChI=1S/C21H25F2N3O4.HI/c1-3-24-21(25-9-8-14-4-6-16(27-2)7-5-14)26-12-15-10-18-19(29-13-28-18)11-17(15)30-20(22)23;/h4-7,10-11,20H,3,8-9,12-13H2,1-2H3,(H2,24,25,26);1H. The number of rotatable bonds is 9. The van der Waals surface area contributed by atoms with Gasteiger partial charge in [0.05, 0.1) is 13.7 Å². The Kier molecular flexibility index (Phi) is 9.89. The first-order valence-corrected chi connectivity index (χ1v) is 9.61. The highest BCUT2D eigenvalue weighted by Gasteiger charge is 2.20. The number of guanidine groups is 1. The molecule has 2 aromatic carbocycles. The van der Waals surface area contributed by atoms with Gasteiger partial charge < -0.3 is 29.6 Å². The number of hydrogen-bond acceptors (Lipinski definition) is 5. The van der Waals surface area contributed by atoms with Crippen molar-refractivity contribution in [2.75, 3.05) is 27.0 Å². The third kappa shape index (κ3) is 7.30. The number of nitrogens with one attached hydrogen (secondary N) is 2. The zero-order valence-corrected chi connectivity index (χ0v) is 19.7. The summed E-state index contributed by atoms with van der Waals surface area (Å²) in [5.41, 5.74) is 1.63. The van der Waals surface area contributed by atoms with E-state index in [1.165, 1.54) is 6.07 Å². The number of fused-ring (bicyclic) bond motifs is 1. The molecule has 10 heteroatoms. The minimum absolute atomic E-state index is 0. The summed E-state index contributed by atoms with van der Waals surface area (Å²) >= 11 is 0. The van der Waals surface area contributed by atoms with E-state index in [4.69, 9.17) is 14.2 Å². The summed E-state index contributed by atoms with van der Waals surface area (Å²) in [6.45, 7) is 0.508. The molecule has 0 amide bonds. The van der Waals surface area contributed by atoms with Crippen LogP contribution in [-0.4, -0.2) is 39.6 Å². The maximum atomic E-state index is 12.8. The second-order valence-corrected chi connectivity index (χ2v) is 6.41. The van der Waals surface area contributed by atoms with Crippen molar-refractivity contribution >= 4 is 29.9 Å². The lowest BCUT2D eigenvalue weighted by Crippen LogP contribution is -2.38. The summed E-state index contributed by atoms with van der Waals surface area (Å²) < 4.78 is 45.9. The monoisotopic (exact) mass is 549 g/mol. The molecule has 0 bridgehead atoms. The second-order valence-electron chi connectivity index (χ2n) is 6.41. The molecule has 0 unspecified atom stereocenters. The minimum Gasteiger partial charge on any atom is -0.497 e. The van der Waals surface area contributed by atoms with Crippen LogP contribution in [0, 0.1) is 0 Å². The maximum Gasteiger partial charge on any atom is 0.387 e. The van der Waals surface area contributed by atoms with E-state index in [0.717, 1.165) is 17.7 Å². The van der Waals surface area contributed by atoms with Crippen LogP contribution in [0.4, 0.5) is 8.78 Å². The lowest BCUT2D eigenvalue weighted by molar-refractivity contribution is -0.0505. The third-order valence-corrected chi connectivity index (χ3v) is 4.39. The van der Waals surface area contributed by atoms with Crippen LogP contribution in [0.5, 0.6) is 23.0 Å². The van der Waals surface area contributed by atoms with Crippen LogP contribution in [0.3, 0.4) is 0 Å². The van der Waals surface area contributed by atoms with E-state index in [9.17, 15) is 8.78 Å². The summed E-state index contributed by atoms with van der Waals surface area (Å²) in [7, 11) is 1.63. The van der Waals surface area contributed by atoms with E-state index in [2.05, 4.69) is 20.4 Å². The van der Waals surface area contributed by atoms with Gasteiger partial charge in [0.1, 0.15) is 11.5 Å². The number of benzene rings is 2. The molecule has 0 radical (unpaired) electrons. The van der Waals surface area contributed by atoms with Gasteiger partial charge in [0.2, 0.25) is 6.79 Å². The van der Waals surface area contributed by atoms with Crippen molar-refractivity contribution in [1.82, 2.24) is 10.6 Å². The van der Waals surface area contributed by atoms with Gasteiger partial charge in [-0.2, -0.15) is 8.78 Å². The van der Waals surface area contributed by atoms with Crippen molar-refractivity contribution in [3.63, 3.8) is 0 Å². The number of ether oxygens (including phenoxy) is 4. The molecule has 0 saturated heterocycles. The molecule has 0 spiro atoms. The first kappa shape index (κ1) is 24.8. The predicted molar refractivity (Wildman–Crippen MR) is 124 cm³/mol.